The summed E-state index contributed by atoms with van der Waals surface area (Å²) in [5, 5.41) is 3.90. The first kappa shape index (κ1) is 14.8. The molecule has 1 heterocycles. The molecule has 1 fully saturated rings. The molecule has 1 aromatic rings. The Morgan fingerprint density at radius 2 is 2.11 bits per heavy atom. The highest BCUT2D eigenvalue weighted by Crippen LogP contribution is 2.28. The van der Waals surface area contributed by atoms with Crippen molar-refractivity contribution in [2.75, 3.05) is 26.7 Å². The molecule has 0 aromatic heterocycles. The molecule has 19 heavy (non-hydrogen) atoms. The molecule has 1 N–H and O–H groups in total. The Bertz CT molecular complexity index is 419. The predicted octanol–water partition coefficient (Wildman–Crippen LogP) is 3.47. The molecule has 0 bridgehead atoms. The number of nitrogens with one attached hydrogen (secondary N) is 1. The first-order valence-corrected chi connectivity index (χ1v) is 7.31. The molecule has 0 radical (unpaired) electrons. The topological polar surface area (TPSA) is 15.3 Å². The Morgan fingerprint density at radius 3 is 2.74 bits per heavy atom. The van der Waals surface area contributed by atoms with Crippen molar-refractivity contribution in [2.45, 2.75) is 25.8 Å². The van der Waals surface area contributed by atoms with Crippen LogP contribution in [0.25, 0.3) is 0 Å². The molecular formula is C15H22ClFN2. The lowest BCUT2D eigenvalue weighted by Crippen LogP contribution is -2.35. The number of hydrogen-bond donors (Lipinski definition) is 1. The zero-order chi connectivity index (χ0) is 13.8. The second-order valence-electron chi connectivity index (χ2n) is 5.47. The van der Waals surface area contributed by atoms with Crippen LogP contribution in [0.4, 0.5) is 4.39 Å². The van der Waals surface area contributed by atoms with Crippen molar-refractivity contribution in [3.8, 4) is 0 Å². The summed E-state index contributed by atoms with van der Waals surface area (Å²) in [6.07, 6.45) is 2.46. The van der Waals surface area contributed by atoms with E-state index in [1.165, 1.54) is 25.0 Å². The van der Waals surface area contributed by atoms with E-state index < -0.39 is 0 Å². The summed E-state index contributed by atoms with van der Waals surface area (Å²) >= 11 is 6.13. The van der Waals surface area contributed by atoms with Gasteiger partial charge in [0.05, 0.1) is 0 Å². The molecule has 1 aliphatic rings. The first-order valence-electron chi connectivity index (χ1n) is 6.94. The van der Waals surface area contributed by atoms with Gasteiger partial charge in [-0.05, 0) is 63.5 Å². The van der Waals surface area contributed by atoms with Gasteiger partial charge in [0, 0.05) is 17.6 Å². The maximum Gasteiger partial charge on any atom is 0.124 e. The van der Waals surface area contributed by atoms with Gasteiger partial charge in [-0.15, -0.1) is 0 Å². The van der Waals surface area contributed by atoms with Crippen molar-refractivity contribution >= 4 is 11.6 Å². The Kier molecular flexibility index (Phi) is 5.20. The third-order valence-electron chi connectivity index (χ3n) is 4.08. The van der Waals surface area contributed by atoms with E-state index in [0.29, 0.717) is 5.02 Å². The van der Waals surface area contributed by atoms with Gasteiger partial charge in [-0.1, -0.05) is 17.7 Å². The standard InChI is InChI=1S/C15H22ClFN2/c1-11(14-4-3-13(17)9-15(14)16)19(2)10-12-5-7-18-8-6-12/h3-4,9,11-12,18H,5-8,10H2,1-2H3. The van der Waals surface area contributed by atoms with Gasteiger partial charge in [-0.25, -0.2) is 4.39 Å². The minimum Gasteiger partial charge on any atom is -0.317 e. The third-order valence-corrected chi connectivity index (χ3v) is 4.41. The number of rotatable bonds is 4. The van der Waals surface area contributed by atoms with Gasteiger partial charge < -0.3 is 5.32 Å². The van der Waals surface area contributed by atoms with Crippen molar-refractivity contribution < 1.29 is 4.39 Å². The lowest BCUT2D eigenvalue weighted by molar-refractivity contribution is 0.196. The lowest BCUT2D eigenvalue weighted by atomic mass is 9.96. The fourth-order valence-electron chi connectivity index (χ4n) is 2.71. The summed E-state index contributed by atoms with van der Waals surface area (Å²) in [5.74, 6) is 0.467. The summed E-state index contributed by atoms with van der Waals surface area (Å²) in [5.41, 5.74) is 1.000. The normalized spacial score (nSPS) is 18.8. The summed E-state index contributed by atoms with van der Waals surface area (Å²) < 4.78 is 13.1. The van der Waals surface area contributed by atoms with Gasteiger partial charge in [-0.3, -0.25) is 4.90 Å². The number of benzene rings is 1. The molecule has 1 saturated heterocycles. The molecule has 0 aliphatic carbocycles. The van der Waals surface area contributed by atoms with Gasteiger partial charge in [0.2, 0.25) is 0 Å². The van der Waals surface area contributed by atoms with Crippen LogP contribution in [-0.2, 0) is 0 Å². The minimum atomic E-state index is -0.276. The van der Waals surface area contributed by atoms with Crippen LogP contribution in [0.15, 0.2) is 18.2 Å². The van der Waals surface area contributed by atoms with Crippen molar-refractivity contribution in [1.29, 1.82) is 0 Å². The zero-order valence-corrected chi connectivity index (χ0v) is 12.4. The van der Waals surface area contributed by atoms with E-state index in [4.69, 9.17) is 11.6 Å². The van der Waals surface area contributed by atoms with Gasteiger partial charge in [0.25, 0.3) is 0 Å². The quantitative estimate of drug-likeness (QED) is 0.911. The summed E-state index contributed by atoms with van der Waals surface area (Å²) in [6.45, 7) is 5.42. The number of nitrogens with zero attached hydrogens (tertiary/aromatic N) is 1. The monoisotopic (exact) mass is 284 g/mol. The fraction of sp³-hybridized carbons (Fsp3) is 0.600. The van der Waals surface area contributed by atoms with Gasteiger partial charge >= 0.3 is 0 Å². The molecule has 0 spiro atoms. The zero-order valence-electron chi connectivity index (χ0n) is 11.6. The Balaban J connectivity index is 1.99. The van der Waals surface area contributed by atoms with Crippen LogP contribution in [-0.4, -0.2) is 31.6 Å². The molecule has 1 aromatic carbocycles. The highest BCUT2D eigenvalue weighted by molar-refractivity contribution is 6.31. The van der Waals surface area contributed by atoms with Crippen molar-refractivity contribution in [2.24, 2.45) is 5.92 Å². The average Bonchev–Trinajstić information content (AvgIpc) is 2.39. The highest BCUT2D eigenvalue weighted by atomic mass is 35.5. The Morgan fingerprint density at radius 1 is 1.42 bits per heavy atom. The summed E-state index contributed by atoms with van der Waals surface area (Å²) in [6, 6.07) is 4.88. The fourth-order valence-corrected chi connectivity index (χ4v) is 3.03. The molecule has 1 unspecified atom stereocenters. The second kappa shape index (κ2) is 6.69. The van der Waals surface area contributed by atoms with Crippen LogP contribution in [0.5, 0.6) is 0 Å². The van der Waals surface area contributed by atoms with Gasteiger partial charge in [-0.2, -0.15) is 0 Å². The van der Waals surface area contributed by atoms with Crippen LogP contribution in [0.3, 0.4) is 0 Å². The number of piperidine rings is 1. The van der Waals surface area contributed by atoms with Crippen LogP contribution >= 0.6 is 11.6 Å². The molecular weight excluding hydrogens is 263 g/mol. The third kappa shape index (κ3) is 3.91. The maximum atomic E-state index is 13.1. The average molecular weight is 285 g/mol. The number of hydrogen-bond acceptors (Lipinski definition) is 2. The summed E-state index contributed by atoms with van der Waals surface area (Å²) in [4.78, 5) is 2.31. The molecule has 2 nitrogen and oxygen atoms in total. The molecule has 4 heteroatoms. The van der Waals surface area contributed by atoms with E-state index in [-0.39, 0.29) is 11.9 Å². The van der Waals surface area contributed by atoms with Crippen LogP contribution < -0.4 is 5.32 Å². The van der Waals surface area contributed by atoms with Gasteiger partial charge in [0.15, 0.2) is 0 Å². The maximum absolute atomic E-state index is 13.1. The van der Waals surface area contributed by atoms with E-state index in [1.54, 1.807) is 6.07 Å². The van der Waals surface area contributed by atoms with E-state index in [9.17, 15) is 4.39 Å². The first-order chi connectivity index (χ1) is 9.08. The molecule has 1 atom stereocenters. The lowest BCUT2D eigenvalue weighted by Gasteiger charge is -2.31. The Hall–Kier alpha value is -0.640. The van der Waals surface area contributed by atoms with Crippen LogP contribution in [0.2, 0.25) is 5.02 Å². The van der Waals surface area contributed by atoms with E-state index in [0.717, 1.165) is 31.1 Å². The van der Waals surface area contributed by atoms with E-state index >= 15 is 0 Å². The smallest absolute Gasteiger partial charge is 0.124 e. The Labute approximate surface area is 119 Å². The van der Waals surface area contributed by atoms with E-state index in [1.807, 2.05) is 0 Å². The minimum absolute atomic E-state index is 0.211. The molecule has 0 saturated carbocycles. The van der Waals surface area contributed by atoms with Crippen LogP contribution in [0.1, 0.15) is 31.4 Å². The molecule has 1 aliphatic heterocycles. The predicted molar refractivity (Wildman–Crippen MR) is 78.0 cm³/mol. The second-order valence-corrected chi connectivity index (χ2v) is 5.88. The van der Waals surface area contributed by atoms with E-state index in [2.05, 4.69) is 24.2 Å². The molecule has 2 rings (SSSR count). The summed E-state index contributed by atoms with van der Waals surface area (Å²) in [7, 11) is 2.12. The number of halogens is 2. The van der Waals surface area contributed by atoms with Crippen molar-refractivity contribution in [3.05, 3.63) is 34.6 Å². The molecule has 106 valence electrons. The SMILES string of the molecule is CC(c1ccc(F)cc1Cl)N(C)CC1CCNCC1. The van der Waals surface area contributed by atoms with Gasteiger partial charge in [0.1, 0.15) is 5.82 Å². The highest BCUT2D eigenvalue weighted by Gasteiger charge is 2.20. The van der Waals surface area contributed by atoms with Crippen molar-refractivity contribution in [3.63, 3.8) is 0 Å². The largest absolute Gasteiger partial charge is 0.317 e. The molecule has 0 amide bonds. The van der Waals surface area contributed by atoms with Crippen molar-refractivity contribution in [1.82, 2.24) is 10.2 Å². The van der Waals surface area contributed by atoms with Crippen LogP contribution in [0, 0.1) is 11.7 Å².